The molecule has 1 aliphatic heterocycles. The summed E-state index contributed by atoms with van der Waals surface area (Å²) in [6.07, 6.45) is 3.30. The Balaban J connectivity index is 1.92. The molecule has 1 unspecified atom stereocenters. The highest BCUT2D eigenvalue weighted by Gasteiger charge is 2.29. The minimum absolute atomic E-state index is 0.0362. The molecule has 22 heavy (non-hydrogen) atoms. The predicted octanol–water partition coefficient (Wildman–Crippen LogP) is 3.22. The lowest BCUT2D eigenvalue weighted by Crippen LogP contribution is -2.44. The van der Waals surface area contributed by atoms with Crippen LogP contribution in [0.1, 0.15) is 19.8 Å². The van der Waals surface area contributed by atoms with E-state index < -0.39 is 0 Å². The summed E-state index contributed by atoms with van der Waals surface area (Å²) in [6.45, 7) is 3.22. The van der Waals surface area contributed by atoms with Gasteiger partial charge in [-0.15, -0.1) is 11.8 Å². The van der Waals surface area contributed by atoms with Gasteiger partial charge in [0.05, 0.1) is 12.5 Å². The van der Waals surface area contributed by atoms with Gasteiger partial charge in [-0.25, -0.2) is 4.79 Å². The molecule has 0 aliphatic carbocycles. The fraction of sp³-hybridized carbons (Fsp3) is 0.500. The van der Waals surface area contributed by atoms with Crippen molar-refractivity contribution in [3.8, 4) is 0 Å². The number of carbonyl (C=O) groups excluding carboxylic acids is 2. The molecular formula is C16H22N2O3S. The quantitative estimate of drug-likeness (QED) is 0.865. The van der Waals surface area contributed by atoms with Crippen molar-refractivity contribution in [3.05, 3.63) is 24.3 Å². The van der Waals surface area contributed by atoms with E-state index in [0.29, 0.717) is 19.7 Å². The number of piperidine rings is 1. The fourth-order valence-electron chi connectivity index (χ4n) is 2.49. The number of likely N-dealkylation sites (tertiary alicyclic amines) is 1. The second kappa shape index (κ2) is 8.08. The maximum absolute atomic E-state index is 12.4. The normalized spacial score (nSPS) is 17.9. The zero-order chi connectivity index (χ0) is 15.9. The van der Waals surface area contributed by atoms with Gasteiger partial charge < -0.3 is 15.0 Å². The molecule has 1 N–H and O–H groups in total. The molecule has 0 bridgehead atoms. The minimum atomic E-state index is -0.329. The molecular weight excluding hydrogens is 300 g/mol. The lowest BCUT2D eigenvalue weighted by molar-refractivity contribution is -0.121. The predicted molar refractivity (Wildman–Crippen MR) is 88.2 cm³/mol. The molecule has 6 heteroatoms. The molecule has 0 radical (unpaired) electrons. The van der Waals surface area contributed by atoms with Crippen molar-refractivity contribution in [1.82, 2.24) is 4.90 Å². The summed E-state index contributed by atoms with van der Waals surface area (Å²) in [4.78, 5) is 26.9. The Kier molecular flexibility index (Phi) is 6.12. The van der Waals surface area contributed by atoms with Gasteiger partial charge in [0.25, 0.3) is 0 Å². The molecule has 0 aromatic heterocycles. The van der Waals surface area contributed by atoms with Crippen molar-refractivity contribution in [2.75, 3.05) is 31.3 Å². The van der Waals surface area contributed by atoms with Gasteiger partial charge in [0.2, 0.25) is 5.91 Å². The van der Waals surface area contributed by atoms with Gasteiger partial charge in [-0.3, -0.25) is 4.79 Å². The van der Waals surface area contributed by atoms with Crippen LogP contribution in [0.25, 0.3) is 0 Å². The molecule has 1 aromatic carbocycles. The summed E-state index contributed by atoms with van der Waals surface area (Å²) in [5.41, 5.74) is 0.788. The largest absolute Gasteiger partial charge is 0.450 e. The number of benzene rings is 1. The lowest BCUT2D eigenvalue weighted by atomic mass is 9.97. The van der Waals surface area contributed by atoms with Crippen molar-refractivity contribution in [2.24, 2.45) is 5.92 Å². The van der Waals surface area contributed by atoms with Gasteiger partial charge in [-0.05, 0) is 50.3 Å². The Morgan fingerprint density at radius 2 is 2.09 bits per heavy atom. The van der Waals surface area contributed by atoms with E-state index in [4.69, 9.17) is 4.74 Å². The van der Waals surface area contributed by atoms with Crippen LogP contribution in [0.3, 0.4) is 0 Å². The van der Waals surface area contributed by atoms with Crippen LogP contribution in [0, 0.1) is 5.92 Å². The summed E-state index contributed by atoms with van der Waals surface area (Å²) in [7, 11) is 0. The Morgan fingerprint density at radius 3 is 2.73 bits per heavy atom. The van der Waals surface area contributed by atoms with E-state index in [1.807, 2.05) is 30.5 Å². The van der Waals surface area contributed by atoms with Gasteiger partial charge in [0, 0.05) is 23.7 Å². The number of amides is 2. The summed E-state index contributed by atoms with van der Waals surface area (Å²) in [5, 5.41) is 2.93. The molecule has 1 aliphatic rings. The van der Waals surface area contributed by atoms with Crippen LogP contribution in [-0.2, 0) is 9.53 Å². The van der Waals surface area contributed by atoms with Crippen LogP contribution < -0.4 is 5.32 Å². The number of nitrogens with zero attached hydrogens (tertiary/aromatic N) is 1. The van der Waals surface area contributed by atoms with E-state index in [2.05, 4.69) is 5.32 Å². The molecule has 0 spiro atoms. The van der Waals surface area contributed by atoms with Crippen molar-refractivity contribution < 1.29 is 14.3 Å². The van der Waals surface area contributed by atoms with E-state index in [1.54, 1.807) is 23.6 Å². The second-order valence-electron chi connectivity index (χ2n) is 5.20. The van der Waals surface area contributed by atoms with E-state index >= 15 is 0 Å². The third-order valence-corrected chi connectivity index (χ3v) is 4.42. The Labute approximate surface area is 135 Å². The molecule has 2 rings (SSSR count). The minimum Gasteiger partial charge on any atom is -0.450 e. The fourth-order valence-corrected chi connectivity index (χ4v) is 2.90. The van der Waals surface area contributed by atoms with Crippen molar-refractivity contribution in [3.63, 3.8) is 0 Å². The van der Waals surface area contributed by atoms with Gasteiger partial charge in [0.15, 0.2) is 0 Å². The van der Waals surface area contributed by atoms with Crippen LogP contribution in [0.15, 0.2) is 29.2 Å². The standard InChI is InChI=1S/C16H22N2O3S/c1-3-21-16(20)18-10-4-5-12(11-18)15(19)17-13-6-8-14(22-2)9-7-13/h6-9,12H,3-5,10-11H2,1-2H3,(H,17,19). The lowest BCUT2D eigenvalue weighted by Gasteiger charge is -2.31. The van der Waals surface area contributed by atoms with E-state index in [-0.39, 0.29) is 17.9 Å². The van der Waals surface area contributed by atoms with Crippen molar-refractivity contribution >= 4 is 29.4 Å². The highest BCUT2D eigenvalue weighted by Crippen LogP contribution is 2.21. The highest BCUT2D eigenvalue weighted by atomic mass is 32.2. The molecule has 5 nitrogen and oxygen atoms in total. The summed E-state index contributed by atoms with van der Waals surface area (Å²) >= 11 is 1.66. The maximum Gasteiger partial charge on any atom is 0.409 e. The van der Waals surface area contributed by atoms with Crippen molar-refractivity contribution in [2.45, 2.75) is 24.7 Å². The molecule has 120 valence electrons. The summed E-state index contributed by atoms with van der Waals surface area (Å²) in [5.74, 6) is -0.218. The zero-order valence-electron chi connectivity index (χ0n) is 13.0. The molecule has 2 amide bonds. The molecule has 1 aromatic rings. The number of hydrogen-bond donors (Lipinski definition) is 1. The number of ether oxygens (including phenoxy) is 1. The molecule has 1 saturated heterocycles. The van der Waals surface area contributed by atoms with Crippen LogP contribution >= 0.6 is 11.8 Å². The Hall–Kier alpha value is -1.69. The number of carbonyl (C=O) groups is 2. The second-order valence-corrected chi connectivity index (χ2v) is 6.08. The van der Waals surface area contributed by atoms with Crippen LogP contribution in [0.2, 0.25) is 0 Å². The maximum atomic E-state index is 12.4. The van der Waals surface area contributed by atoms with Crippen LogP contribution in [-0.4, -0.2) is 42.9 Å². The monoisotopic (exact) mass is 322 g/mol. The molecule has 1 atom stereocenters. The van der Waals surface area contributed by atoms with E-state index in [0.717, 1.165) is 23.4 Å². The van der Waals surface area contributed by atoms with Gasteiger partial charge in [-0.1, -0.05) is 0 Å². The van der Waals surface area contributed by atoms with Crippen molar-refractivity contribution in [1.29, 1.82) is 0 Å². The number of anilines is 1. The first kappa shape index (κ1) is 16.7. The summed E-state index contributed by atoms with van der Waals surface area (Å²) in [6, 6.07) is 7.75. The smallest absolute Gasteiger partial charge is 0.409 e. The van der Waals surface area contributed by atoms with Gasteiger partial charge in [-0.2, -0.15) is 0 Å². The van der Waals surface area contributed by atoms with Gasteiger partial charge >= 0.3 is 6.09 Å². The van der Waals surface area contributed by atoms with Crippen LogP contribution in [0.4, 0.5) is 10.5 Å². The summed E-state index contributed by atoms with van der Waals surface area (Å²) < 4.78 is 5.01. The highest BCUT2D eigenvalue weighted by molar-refractivity contribution is 7.98. The first-order valence-corrected chi connectivity index (χ1v) is 8.73. The Morgan fingerprint density at radius 1 is 1.36 bits per heavy atom. The third kappa shape index (κ3) is 4.40. The first-order chi connectivity index (χ1) is 10.6. The molecule has 1 heterocycles. The average molecular weight is 322 g/mol. The van der Waals surface area contributed by atoms with Crippen LogP contribution in [0.5, 0.6) is 0 Å². The Bertz CT molecular complexity index is 519. The third-order valence-electron chi connectivity index (χ3n) is 3.68. The topological polar surface area (TPSA) is 58.6 Å². The zero-order valence-corrected chi connectivity index (χ0v) is 13.8. The number of thioether (sulfide) groups is 1. The first-order valence-electron chi connectivity index (χ1n) is 7.50. The number of hydrogen-bond acceptors (Lipinski definition) is 4. The molecule has 1 fully saturated rings. The number of nitrogens with one attached hydrogen (secondary N) is 1. The van der Waals surface area contributed by atoms with Gasteiger partial charge in [0.1, 0.15) is 0 Å². The SMILES string of the molecule is CCOC(=O)N1CCCC(C(=O)Nc2ccc(SC)cc2)C1. The molecule has 0 saturated carbocycles. The number of rotatable bonds is 4. The van der Waals surface area contributed by atoms with E-state index in [9.17, 15) is 9.59 Å². The average Bonchev–Trinajstić information content (AvgIpc) is 2.56. The van der Waals surface area contributed by atoms with E-state index in [1.165, 1.54) is 0 Å².